The number of morpholine rings is 1. The van der Waals surface area contributed by atoms with Gasteiger partial charge in [-0.15, -0.1) is 0 Å². The second-order valence-electron chi connectivity index (χ2n) is 10.8. The SMILES string of the molecule is Cc1ccc(-n2nc(C3CCCCC3)cc2NC(=O)NCc2ccccc2Oc2ccnc(N3CCOCC3)n2)cc1. The molecule has 0 spiro atoms. The van der Waals surface area contributed by atoms with Crippen molar-refractivity contribution in [3.63, 3.8) is 0 Å². The number of hydrogen-bond acceptors (Lipinski definition) is 7. The molecule has 2 N–H and O–H groups in total. The van der Waals surface area contributed by atoms with E-state index in [1.165, 1.54) is 24.8 Å². The molecule has 2 aliphatic rings. The maximum atomic E-state index is 13.2. The van der Waals surface area contributed by atoms with E-state index in [2.05, 4.69) is 44.6 Å². The molecule has 42 heavy (non-hydrogen) atoms. The van der Waals surface area contributed by atoms with E-state index in [4.69, 9.17) is 14.6 Å². The zero-order chi connectivity index (χ0) is 28.7. The van der Waals surface area contributed by atoms with Gasteiger partial charge in [-0.05, 0) is 38.0 Å². The number of urea groups is 1. The minimum absolute atomic E-state index is 0.275. The number of anilines is 2. The number of aryl methyl sites for hydroxylation is 1. The Bertz CT molecular complexity index is 1490. The van der Waals surface area contributed by atoms with Crippen LogP contribution in [-0.2, 0) is 11.3 Å². The summed E-state index contributed by atoms with van der Waals surface area (Å²) in [7, 11) is 0. The summed E-state index contributed by atoms with van der Waals surface area (Å²) in [5, 5.41) is 11.0. The normalized spacial score (nSPS) is 15.8. The second kappa shape index (κ2) is 13.0. The standard InChI is InChI=1S/C32H37N7O3/c1-23-11-13-26(14-12-23)39-29(21-27(37-39)24-7-3-2-4-8-24)35-32(40)34-22-25-9-5-6-10-28(25)42-30-15-16-33-31(36-30)38-17-19-41-20-18-38/h5-6,9-16,21,24H,2-4,7-8,17-20,22H2,1H3,(H2,34,35,40). The molecule has 0 atom stereocenters. The molecule has 1 saturated carbocycles. The van der Waals surface area contributed by atoms with Gasteiger partial charge >= 0.3 is 6.03 Å². The minimum Gasteiger partial charge on any atom is -0.439 e. The van der Waals surface area contributed by atoms with Gasteiger partial charge in [0.05, 0.1) is 24.6 Å². The van der Waals surface area contributed by atoms with Crippen LogP contribution in [0.3, 0.4) is 0 Å². The number of nitrogens with zero attached hydrogens (tertiary/aromatic N) is 5. The zero-order valence-corrected chi connectivity index (χ0v) is 24.0. The van der Waals surface area contributed by atoms with Gasteiger partial charge in [-0.1, -0.05) is 55.2 Å². The molecule has 10 heteroatoms. The summed E-state index contributed by atoms with van der Waals surface area (Å²) in [6.45, 7) is 5.12. The van der Waals surface area contributed by atoms with E-state index < -0.39 is 0 Å². The molecular formula is C32H37N7O3. The summed E-state index contributed by atoms with van der Waals surface area (Å²) >= 11 is 0. The van der Waals surface area contributed by atoms with E-state index in [1.54, 1.807) is 12.3 Å². The molecule has 218 valence electrons. The maximum Gasteiger partial charge on any atom is 0.320 e. The minimum atomic E-state index is -0.315. The van der Waals surface area contributed by atoms with Crippen LogP contribution in [0.15, 0.2) is 66.9 Å². The van der Waals surface area contributed by atoms with E-state index in [0.717, 1.165) is 42.9 Å². The third-order valence-electron chi connectivity index (χ3n) is 7.81. The molecule has 1 aliphatic heterocycles. The highest BCUT2D eigenvalue weighted by Crippen LogP contribution is 2.34. The number of aromatic nitrogens is 4. The van der Waals surface area contributed by atoms with Crippen LogP contribution < -0.4 is 20.3 Å². The van der Waals surface area contributed by atoms with Gasteiger partial charge < -0.3 is 19.7 Å². The molecule has 2 aromatic heterocycles. The highest BCUT2D eigenvalue weighted by molar-refractivity contribution is 5.88. The molecule has 2 aromatic carbocycles. The first-order chi connectivity index (χ1) is 20.6. The fourth-order valence-corrected chi connectivity index (χ4v) is 5.47. The third kappa shape index (κ3) is 6.71. The molecule has 6 rings (SSSR count). The lowest BCUT2D eigenvalue weighted by atomic mass is 9.87. The Hall–Kier alpha value is -4.44. The van der Waals surface area contributed by atoms with Crippen LogP contribution in [0.5, 0.6) is 11.6 Å². The highest BCUT2D eigenvalue weighted by atomic mass is 16.5. The molecule has 0 bridgehead atoms. The smallest absolute Gasteiger partial charge is 0.320 e. The number of para-hydroxylation sites is 1. The zero-order valence-electron chi connectivity index (χ0n) is 24.0. The van der Waals surface area contributed by atoms with Crippen LogP contribution in [-0.4, -0.2) is 52.1 Å². The molecule has 3 heterocycles. The topological polar surface area (TPSA) is 106 Å². The molecular weight excluding hydrogens is 530 g/mol. The highest BCUT2D eigenvalue weighted by Gasteiger charge is 2.22. The van der Waals surface area contributed by atoms with Crippen molar-refractivity contribution < 1.29 is 14.3 Å². The molecule has 10 nitrogen and oxygen atoms in total. The number of carbonyl (C=O) groups is 1. The first-order valence-electron chi connectivity index (χ1n) is 14.8. The van der Waals surface area contributed by atoms with Gasteiger partial charge in [0.1, 0.15) is 11.6 Å². The Morgan fingerprint density at radius 2 is 1.81 bits per heavy atom. The number of carbonyl (C=O) groups excluding carboxylic acids is 1. The van der Waals surface area contributed by atoms with E-state index >= 15 is 0 Å². The molecule has 1 saturated heterocycles. The van der Waals surface area contributed by atoms with Crippen molar-refractivity contribution in [3.05, 3.63) is 83.7 Å². The molecule has 4 aromatic rings. The number of ether oxygens (including phenoxy) is 2. The summed E-state index contributed by atoms with van der Waals surface area (Å²) in [6.07, 6.45) is 7.67. The van der Waals surface area contributed by atoms with Crippen LogP contribution >= 0.6 is 0 Å². The Morgan fingerprint density at radius 1 is 1.02 bits per heavy atom. The van der Waals surface area contributed by atoms with Crippen molar-refractivity contribution in [2.24, 2.45) is 0 Å². The van der Waals surface area contributed by atoms with Gasteiger partial charge in [-0.3, -0.25) is 5.32 Å². The summed E-state index contributed by atoms with van der Waals surface area (Å²) in [4.78, 5) is 24.2. The average Bonchev–Trinajstić information content (AvgIpc) is 3.45. The van der Waals surface area contributed by atoms with Crippen LogP contribution in [0.25, 0.3) is 5.69 Å². The van der Waals surface area contributed by atoms with Crippen molar-refractivity contribution >= 4 is 17.8 Å². The van der Waals surface area contributed by atoms with Gasteiger partial charge in [0.15, 0.2) is 0 Å². The van der Waals surface area contributed by atoms with Crippen LogP contribution in [0.1, 0.15) is 54.8 Å². The Kier molecular flexibility index (Phi) is 8.60. The molecule has 1 aliphatic carbocycles. The fraction of sp³-hybridized carbons (Fsp3) is 0.375. The largest absolute Gasteiger partial charge is 0.439 e. The Morgan fingerprint density at radius 3 is 2.62 bits per heavy atom. The van der Waals surface area contributed by atoms with Gasteiger partial charge in [-0.2, -0.15) is 10.1 Å². The van der Waals surface area contributed by atoms with Crippen molar-refractivity contribution in [1.29, 1.82) is 0 Å². The van der Waals surface area contributed by atoms with Crippen molar-refractivity contribution in [2.45, 2.75) is 51.5 Å². The van der Waals surface area contributed by atoms with Crippen LogP contribution in [0, 0.1) is 6.92 Å². The van der Waals surface area contributed by atoms with Crippen LogP contribution in [0.4, 0.5) is 16.6 Å². The van der Waals surface area contributed by atoms with Gasteiger partial charge in [0.25, 0.3) is 0 Å². The first kappa shape index (κ1) is 27.7. The lowest BCUT2D eigenvalue weighted by molar-refractivity contribution is 0.122. The van der Waals surface area contributed by atoms with Gasteiger partial charge in [0.2, 0.25) is 11.8 Å². The number of rotatable bonds is 8. The predicted octanol–water partition coefficient (Wildman–Crippen LogP) is 5.97. The number of hydrogen-bond donors (Lipinski definition) is 2. The molecule has 2 fully saturated rings. The van der Waals surface area contributed by atoms with Gasteiger partial charge in [0, 0.05) is 49.4 Å². The average molecular weight is 568 g/mol. The van der Waals surface area contributed by atoms with Crippen molar-refractivity contribution in [3.8, 4) is 17.3 Å². The Balaban J connectivity index is 1.14. The molecule has 0 unspecified atom stereocenters. The Labute approximate surface area is 246 Å². The maximum absolute atomic E-state index is 13.2. The third-order valence-corrected chi connectivity index (χ3v) is 7.81. The van der Waals surface area contributed by atoms with E-state index in [1.807, 2.05) is 47.1 Å². The fourth-order valence-electron chi connectivity index (χ4n) is 5.47. The monoisotopic (exact) mass is 567 g/mol. The van der Waals surface area contributed by atoms with E-state index in [9.17, 15) is 4.79 Å². The number of benzene rings is 2. The molecule has 2 amide bonds. The van der Waals surface area contributed by atoms with Crippen LogP contribution in [0.2, 0.25) is 0 Å². The van der Waals surface area contributed by atoms with Crippen molar-refractivity contribution in [2.75, 3.05) is 36.5 Å². The summed E-state index contributed by atoms with van der Waals surface area (Å²) in [6, 6.07) is 19.2. The van der Waals surface area contributed by atoms with E-state index in [0.29, 0.717) is 42.5 Å². The summed E-state index contributed by atoms with van der Waals surface area (Å²) in [5.74, 6) is 2.75. The predicted molar refractivity (Wildman–Crippen MR) is 162 cm³/mol. The van der Waals surface area contributed by atoms with E-state index in [-0.39, 0.29) is 12.6 Å². The quantitative estimate of drug-likeness (QED) is 0.270. The lowest BCUT2D eigenvalue weighted by Crippen LogP contribution is -2.37. The molecule has 0 radical (unpaired) electrons. The van der Waals surface area contributed by atoms with Crippen molar-refractivity contribution in [1.82, 2.24) is 25.1 Å². The summed E-state index contributed by atoms with van der Waals surface area (Å²) in [5.41, 5.74) is 3.95. The first-order valence-corrected chi connectivity index (χ1v) is 14.8. The second-order valence-corrected chi connectivity index (χ2v) is 10.8. The summed E-state index contributed by atoms with van der Waals surface area (Å²) < 4.78 is 13.4. The number of nitrogens with one attached hydrogen (secondary N) is 2. The van der Waals surface area contributed by atoms with Gasteiger partial charge in [-0.25, -0.2) is 14.5 Å². The number of amides is 2. The lowest BCUT2D eigenvalue weighted by Gasteiger charge is -2.26.